The third-order valence-electron chi connectivity index (χ3n) is 4.33. The van der Waals surface area contributed by atoms with Gasteiger partial charge in [-0.2, -0.15) is 0 Å². The summed E-state index contributed by atoms with van der Waals surface area (Å²) in [7, 11) is 1.83. The summed E-state index contributed by atoms with van der Waals surface area (Å²) in [5.74, 6) is 0.147. The first kappa shape index (κ1) is 14.0. The van der Waals surface area contributed by atoms with E-state index in [4.69, 9.17) is 4.42 Å². The highest BCUT2D eigenvalue weighted by Crippen LogP contribution is 2.36. The van der Waals surface area contributed by atoms with Gasteiger partial charge in [-0.25, -0.2) is 4.39 Å². The van der Waals surface area contributed by atoms with Crippen molar-refractivity contribution in [2.75, 3.05) is 7.05 Å². The molecule has 3 nitrogen and oxygen atoms in total. The molecule has 0 saturated heterocycles. The van der Waals surface area contributed by atoms with Crippen LogP contribution in [0.3, 0.4) is 0 Å². The van der Waals surface area contributed by atoms with Crippen LogP contribution >= 0.6 is 0 Å². The molecule has 1 amide bonds. The molecular formula is C19H16FNO2. The smallest absolute Gasteiger partial charge is 0.258 e. The number of nitrogens with zero attached hydrogens (tertiary/aromatic N) is 1. The van der Waals surface area contributed by atoms with Crippen molar-refractivity contribution in [2.45, 2.75) is 18.9 Å². The summed E-state index contributed by atoms with van der Waals surface area (Å²) in [4.78, 5) is 14.7. The molecule has 0 bridgehead atoms. The second-order valence-corrected chi connectivity index (χ2v) is 5.96. The molecule has 1 aliphatic rings. The summed E-state index contributed by atoms with van der Waals surface area (Å²) in [5, 5.41) is 0.796. The number of carbonyl (C=O) groups excluding carboxylic acids is 1. The maximum Gasteiger partial charge on any atom is 0.258 e. The van der Waals surface area contributed by atoms with Crippen molar-refractivity contribution in [1.82, 2.24) is 4.90 Å². The van der Waals surface area contributed by atoms with E-state index in [1.165, 1.54) is 12.1 Å². The first-order valence-corrected chi connectivity index (χ1v) is 7.70. The summed E-state index contributed by atoms with van der Waals surface area (Å²) in [6.45, 7) is 0. The lowest BCUT2D eigenvalue weighted by molar-refractivity contribution is 0.0787. The van der Waals surface area contributed by atoms with Gasteiger partial charge in [0.25, 0.3) is 5.91 Å². The van der Waals surface area contributed by atoms with E-state index in [-0.39, 0.29) is 11.7 Å². The quantitative estimate of drug-likeness (QED) is 0.715. The predicted molar refractivity (Wildman–Crippen MR) is 86.7 cm³/mol. The Kier molecular flexibility index (Phi) is 3.18. The molecule has 0 aliphatic heterocycles. The molecule has 0 unspecified atom stereocenters. The summed E-state index contributed by atoms with van der Waals surface area (Å²) < 4.78 is 19.1. The molecule has 1 aromatic heterocycles. The maximum absolute atomic E-state index is 13.2. The predicted octanol–water partition coefficient (Wildman–Crippen LogP) is 4.47. The van der Waals surface area contributed by atoms with Crippen LogP contribution < -0.4 is 0 Å². The lowest BCUT2D eigenvalue weighted by Crippen LogP contribution is -2.28. The average molecular weight is 309 g/mol. The minimum Gasteiger partial charge on any atom is -0.455 e. The Bertz CT molecular complexity index is 878. The van der Waals surface area contributed by atoms with E-state index in [9.17, 15) is 9.18 Å². The molecule has 116 valence electrons. The molecule has 0 spiro atoms. The molecule has 0 N–H and O–H groups in total. The van der Waals surface area contributed by atoms with Gasteiger partial charge < -0.3 is 9.32 Å². The third-order valence-corrected chi connectivity index (χ3v) is 4.33. The standard InChI is InChI=1S/C19H16FNO2/c1-21(14-10-11-14)19(22)17-15-4-2-3-5-16(15)23-18(17)12-6-8-13(20)9-7-12/h2-9,14H,10-11H2,1H3. The van der Waals surface area contributed by atoms with Crippen LogP contribution in [0.25, 0.3) is 22.3 Å². The van der Waals surface area contributed by atoms with E-state index in [0.29, 0.717) is 28.5 Å². The minimum atomic E-state index is -0.312. The molecule has 3 aromatic rings. The zero-order chi connectivity index (χ0) is 16.0. The molecule has 0 atom stereocenters. The highest BCUT2D eigenvalue weighted by molar-refractivity contribution is 6.11. The fourth-order valence-electron chi connectivity index (χ4n) is 2.87. The summed E-state index contributed by atoms with van der Waals surface area (Å²) in [6.07, 6.45) is 2.09. The zero-order valence-electron chi connectivity index (χ0n) is 12.8. The van der Waals surface area contributed by atoms with Crippen molar-refractivity contribution < 1.29 is 13.6 Å². The van der Waals surface area contributed by atoms with Crippen molar-refractivity contribution in [3.63, 3.8) is 0 Å². The van der Waals surface area contributed by atoms with Gasteiger partial charge in [0.2, 0.25) is 0 Å². The topological polar surface area (TPSA) is 33.5 Å². The van der Waals surface area contributed by atoms with E-state index < -0.39 is 0 Å². The first-order chi connectivity index (χ1) is 11.1. The van der Waals surface area contributed by atoms with E-state index in [2.05, 4.69) is 0 Å². The van der Waals surface area contributed by atoms with Gasteiger partial charge in [0, 0.05) is 24.0 Å². The molecule has 4 heteroatoms. The number of halogens is 1. The molecule has 0 radical (unpaired) electrons. The fourth-order valence-corrected chi connectivity index (χ4v) is 2.87. The van der Waals surface area contributed by atoms with Gasteiger partial charge in [0.15, 0.2) is 0 Å². The molecule has 4 rings (SSSR count). The zero-order valence-corrected chi connectivity index (χ0v) is 12.8. The van der Waals surface area contributed by atoms with Crippen molar-refractivity contribution in [3.8, 4) is 11.3 Å². The van der Waals surface area contributed by atoms with E-state index in [0.717, 1.165) is 18.2 Å². The molecule has 1 aliphatic carbocycles. The number of fused-ring (bicyclic) bond motifs is 1. The van der Waals surface area contributed by atoms with Crippen LogP contribution in [0.1, 0.15) is 23.2 Å². The molecule has 1 heterocycles. The van der Waals surface area contributed by atoms with Crippen LogP contribution in [-0.4, -0.2) is 23.9 Å². The fraction of sp³-hybridized carbons (Fsp3) is 0.211. The number of amides is 1. The minimum absolute atomic E-state index is 0.0447. The average Bonchev–Trinajstić information content (AvgIpc) is 3.34. The Morgan fingerprint density at radius 2 is 1.83 bits per heavy atom. The number of para-hydroxylation sites is 1. The summed E-state index contributed by atoms with van der Waals surface area (Å²) >= 11 is 0. The van der Waals surface area contributed by atoms with Gasteiger partial charge >= 0.3 is 0 Å². The van der Waals surface area contributed by atoms with Gasteiger partial charge in [0.1, 0.15) is 17.2 Å². The lowest BCUT2D eigenvalue weighted by atomic mass is 10.0. The Balaban J connectivity index is 1.90. The van der Waals surface area contributed by atoms with Gasteiger partial charge in [0.05, 0.1) is 5.56 Å². The van der Waals surface area contributed by atoms with Crippen molar-refractivity contribution in [1.29, 1.82) is 0 Å². The second kappa shape index (κ2) is 5.23. The third kappa shape index (κ3) is 2.40. The summed E-state index contributed by atoms with van der Waals surface area (Å²) in [6, 6.07) is 13.8. The SMILES string of the molecule is CN(C(=O)c1c(-c2ccc(F)cc2)oc2ccccc12)C1CC1. The normalized spacial score (nSPS) is 14.2. The van der Waals surface area contributed by atoms with Crippen LogP contribution in [-0.2, 0) is 0 Å². The van der Waals surface area contributed by atoms with Crippen molar-refractivity contribution >= 4 is 16.9 Å². The lowest BCUT2D eigenvalue weighted by Gasteiger charge is -2.16. The van der Waals surface area contributed by atoms with Crippen molar-refractivity contribution in [2.24, 2.45) is 0 Å². The van der Waals surface area contributed by atoms with Gasteiger partial charge in [-0.15, -0.1) is 0 Å². The first-order valence-electron chi connectivity index (χ1n) is 7.70. The Labute approximate surface area is 133 Å². The van der Waals surface area contributed by atoms with E-state index in [1.807, 2.05) is 31.3 Å². The number of hydrogen-bond donors (Lipinski definition) is 0. The van der Waals surface area contributed by atoms with Crippen LogP contribution in [0.4, 0.5) is 4.39 Å². The molecule has 2 aromatic carbocycles. The van der Waals surface area contributed by atoms with Crippen molar-refractivity contribution in [3.05, 3.63) is 59.9 Å². The number of benzene rings is 2. The monoisotopic (exact) mass is 309 g/mol. The molecular weight excluding hydrogens is 293 g/mol. The van der Waals surface area contributed by atoms with Crippen LogP contribution in [0.2, 0.25) is 0 Å². The largest absolute Gasteiger partial charge is 0.455 e. The van der Waals surface area contributed by atoms with Gasteiger partial charge in [-0.05, 0) is 43.2 Å². The number of rotatable bonds is 3. The summed E-state index contributed by atoms with van der Waals surface area (Å²) in [5.41, 5.74) is 1.93. The van der Waals surface area contributed by atoms with Crippen LogP contribution in [0.5, 0.6) is 0 Å². The molecule has 1 fully saturated rings. The van der Waals surface area contributed by atoms with E-state index in [1.54, 1.807) is 17.0 Å². The highest BCUT2D eigenvalue weighted by atomic mass is 19.1. The Morgan fingerprint density at radius 1 is 1.13 bits per heavy atom. The Morgan fingerprint density at radius 3 is 2.52 bits per heavy atom. The maximum atomic E-state index is 13.2. The number of carbonyl (C=O) groups is 1. The van der Waals surface area contributed by atoms with Gasteiger partial charge in [-0.1, -0.05) is 18.2 Å². The second-order valence-electron chi connectivity index (χ2n) is 5.96. The number of hydrogen-bond acceptors (Lipinski definition) is 2. The molecule has 23 heavy (non-hydrogen) atoms. The molecule has 1 saturated carbocycles. The van der Waals surface area contributed by atoms with Crippen LogP contribution in [0.15, 0.2) is 52.9 Å². The highest BCUT2D eigenvalue weighted by Gasteiger charge is 2.33. The van der Waals surface area contributed by atoms with Crippen LogP contribution in [0, 0.1) is 5.82 Å². The van der Waals surface area contributed by atoms with E-state index >= 15 is 0 Å². The Hall–Kier alpha value is -2.62. The van der Waals surface area contributed by atoms with Gasteiger partial charge in [-0.3, -0.25) is 4.79 Å². The number of furan rings is 1.